The molecule has 0 unspecified atom stereocenters. The molecule has 29 heavy (non-hydrogen) atoms. The van der Waals surface area contributed by atoms with E-state index in [1.807, 2.05) is 30.3 Å². The third kappa shape index (κ3) is 4.04. The van der Waals surface area contributed by atoms with E-state index in [9.17, 15) is 14.0 Å². The van der Waals surface area contributed by atoms with Crippen molar-refractivity contribution in [3.05, 3.63) is 100 Å². The van der Waals surface area contributed by atoms with Gasteiger partial charge in [0.2, 0.25) is 0 Å². The lowest BCUT2D eigenvalue weighted by Crippen LogP contribution is -2.32. The van der Waals surface area contributed by atoms with E-state index >= 15 is 0 Å². The minimum atomic E-state index is -0.486. The van der Waals surface area contributed by atoms with Crippen molar-refractivity contribution in [1.29, 1.82) is 0 Å². The molecule has 0 bridgehead atoms. The molecule has 4 nitrogen and oxygen atoms in total. The highest BCUT2D eigenvalue weighted by molar-refractivity contribution is 8.04. The number of thioether (sulfide) groups is 1. The fourth-order valence-corrected chi connectivity index (χ4v) is 3.90. The van der Waals surface area contributed by atoms with Gasteiger partial charge >= 0.3 is 0 Å². The zero-order chi connectivity index (χ0) is 20.4. The van der Waals surface area contributed by atoms with Gasteiger partial charge in [0.15, 0.2) is 0 Å². The molecule has 7 heteroatoms. The number of rotatable bonds is 5. The summed E-state index contributed by atoms with van der Waals surface area (Å²) in [7, 11) is 0. The van der Waals surface area contributed by atoms with E-state index in [1.165, 1.54) is 36.0 Å². The van der Waals surface area contributed by atoms with Crippen LogP contribution in [-0.4, -0.2) is 11.8 Å². The highest BCUT2D eigenvalue weighted by Crippen LogP contribution is 2.38. The van der Waals surface area contributed by atoms with Crippen molar-refractivity contribution in [1.82, 2.24) is 0 Å². The summed E-state index contributed by atoms with van der Waals surface area (Å²) in [5, 5.41) is 3.49. The van der Waals surface area contributed by atoms with Crippen molar-refractivity contribution < 1.29 is 14.0 Å². The lowest BCUT2D eigenvalue weighted by atomic mass is 10.3. The van der Waals surface area contributed by atoms with E-state index in [4.69, 9.17) is 11.6 Å². The topological polar surface area (TPSA) is 49.4 Å². The summed E-state index contributed by atoms with van der Waals surface area (Å²) in [5.41, 5.74) is 1.07. The van der Waals surface area contributed by atoms with Crippen LogP contribution in [0.5, 0.6) is 0 Å². The molecule has 0 fully saturated rings. The Kier molecular flexibility index (Phi) is 5.38. The summed E-state index contributed by atoms with van der Waals surface area (Å²) in [6.07, 6.45) is 0. The van der Waals surface area contributed by atoms with Crippen LogP contribution in [0.4, 0.5) is 15.8 Å². The Hall–Kier alpha value is -3.09. The second-order valence-electron chi connectivity index (χ2n) is 6.17. The van der Waals surface area contributed by atoms with Gasteiger partial charge in [0, 0.05) is 15.6 Å². The molecule has 1 aliphatic rings. The van der Waals surface area contributed by atoms with Gasteiger partial charge in [-0.25, -0.2) is 9.29 Å². The third-order valence-electron chi connectivity index (χ3n) is 4.20. The molecule has 3 aromatic carbocycles. The Labute approximate surface area is 176 Å². The number of halogens is 2. The van der Waals surface area contributed by atoms with E-state index in [0.717, 1.165) is 9.80 Å². The first-order valence-corrected chi connectivity index (χ1v) is 9.86. The Morgan fingerprint density at radius 1 is 0.828 bits per heavy atom. The smallest absolute Gasteiger partial charge is 0.283 e. The van der Waals surface area contributed by atoms with Crippen molar-refractivity contribution >= 4 is 46.6 Å². The molecule has 0 spiro atoms. The van der Waals surface area contributed by atoms with Crippen LogP contribution in [0.25, 0.3) is 0 Å². The Morgan fingerprint density at radius 2 is 1.48 bits per heavy atom. The van der Waals surface area contributed by atoms with E-state index < -0.39 is 11.8 Å². The van der Waals surface area contributed by atoms with Gasteiger partial charge in [0.25, 0.3) is 11.8 Å². The van der Waals surface area contributed by atoms with E-state index in [-0.39, 0.29) is 16.4 Å². The zero-order valence-electron chi connectivity index (χ0n) is 14.9. The van der Waals surface area contributed by atoms with Crippen LogP contribution in [0.3, 0.4) is 0 Å². The number of amides is 2. The highest BCUT2D eigenvalue weighted by atomic mass is 35.5. The van der Waals surface area contributed by atoms with Gasteiger partial charge in [-0.2, -0.15) is 0 Å². The van der Waals surface area contributed by atoms with Crippen LogP contribution in [0, 0.1) is 5.82 Å². The molecule has 1 N–H and O–H groups in total. The van der Waals surface area contributed by atoms with Crippen molar-refractivity contribution in [3.8, 4) is 0 Å². The van der Waals surface area contributed by atoms with Gasteiger partial charge in [-0.1, -0.05) is 41.6 Å². The maximum Gasteiger partial charge on any atom is 0.283 e. The Bertz CT molecular complexity index is 1100. The molecule has 0 saturated carbocycles. The quantitative estimate of drug-likeness (QED) is 0.552. The van der Waals surface area contributed by atoms with Gasteiger partial charge in [-0.15, -0.1) is 0 Å². The predicted molar refractivity (Wildman–Crippen MR) is 113 cm³/mol. The van der Waals surface area contributed by atoms with Gasteiger partial charge in [0.1, 0.15) is 16.4 Å². The number of carbonyl (C=O) groups is 2. The molecule has 0 radical (unpaired) electrons. The number of hydrogen-bond donors (Lipinski definition) is 1. The van der Waals surface area contributed by atoms with E-state index in [2.05, 4.69) is 5.32 Å². The lowest BCUT2D eigenvalue weighted by molar-refractivity contribution is -0.120. The second-order valence-corrected chi connectivity index (χ2v) is 7.69. The normalized spacial score (nSPS) is 13.9. The van der Waals surface area contributed by atoms with Crippen molar-refractivity contribution in [2.24, 2.45) is 0 Å². The number of imide groups is 1. The van der Waals surface area contributed by atoms with Crippen LogP contribution in [0.1, 0.15) is 0 Å². The fourth-order valence-electron chi connectivity index (χ4n) is 2.82. The molecule has 144 valence electrons. The number of anilines is 2. The van der Waals surface area contributed by atoms with Crippen LogP contribution < -0.4 is 10.2 Å². The first-order chi connectivity index (χ1) is 14.0. The largest absolute Gasteiger partial charge is 0.350 e. The highest BCUT2D eigenvalue weighted by Gasteiger charge is 2.40. The maximum absolute atomic E-state index is 13.2. The fraction of sp³-hybridized carbons (Fsp3) is 0. The number of carbonyl (C=O) groups excluding carboxylic acids is 2. The average Bonchev–Trinajstić information content (AvgIpc) is 2.95. The van der Waals surface area contributed by atoms with Gasteiger partial charge in [-0.05, 0) is 60.7 Å². The average molecular weight is 425 g/mol. The predicted octanol–water partition coefficient (Wildman–Crippen LogP) is 5.47. The molecule has 4 rings (SSSR count). The summed E-state index contributed by atoms with van der Waals surface area (Å²) in [6, 6.07) is 21.3. The molecule has 2 amide bonds. The van der Waals surface area contributed by atoms with Crippen LogP contribution in [0.15, 0.2) is 94.4 Å². The Morgan fingerprint density at radius 3 is 2.14 bits per heavy atom. The van der Waals surface area contributed by atoms with Crippen molar-refractivity contribution in [2.45, 2.75) is 4.90 Å². The standard InChI is InChI=1S/C22H14ClFN2O2S/c23-14-6-12-17(13-7-14)26-21(27)19(25-16-10-8-15(24)9-11-16)20(22(26)28)29-18-4-2-1-3-5-18/h1-13,25H. The van der Waals surface area contributed by atoms with Crippen molar-refractivity contribution in [3.63, 3.8) is 0 Å². The molecule has 0 aromatic heterocycles. The number of nitrogens with one attached hydrogen (secondary N) is 1. The Balaban J connectivity index is 1.73. The summed E-state index contributed by atoms with van der Waals surface area (Å²) in [4.78, 5) is 28.5. The molecular weight excluding hydrogens is 411 g/mol. The molecule has 1 heterocycles. The van der Waals surface area contributed by atoms with Crippen molar-refractivity contribution in [2.75, 3.05) is 10.2 Å². The number of nitrogens with zero attached hydrogens (tertiary/aromatic N) is 1. The summed E-state index contributed by atoms with van der Waals surface area (Å²) in [6.45, 7) is 0. The second kappa shape index (κ2) is 8.11. The summed E-state index contributed by atoms with van der Waals surface area (Å²) >= 11 is 7.13. The third-order valence-corrected chi connectivity index (χ3v) is 5.55. The first-order valence-electron chi connectivity index (χ1n) is 8.67. The molecule has 0 atom stereocenters. The zero-order valence-corrected chi connectivity index (χ0v) is 16.5. The lowest BCUT2D eigenvalue weighted by Gasteiger charge is -2.15. The maximum atomic E-state index is 13.2. The van der Waals surface area contributed by atoms with Crippen LogP contribution in [0.2, 0.25) is 5.02 Å². The number of benzene rings is 3. The molecular formula is C22H14ClFN2O2S. The summed E-state index contributed by atoms with van der Waals surface area (Å²) < 4.78 is 13.2. The summed E-state index contributed by atoms with van der Waals surface area (Å²) in [5.74, 6) is -1.31. The van der Waals surface area contributed by atoms with Gasteiger partial charge in [0.05, 0.1) is 5.69 Å². The molecule has 1 aliphatic heterocycles. The first kappa shape index (κ1) is 19.2. The van der Waals surface area contributed by atoms with Gasteiger partial charge in [-0.3, -0.25) is 9.59 Å². The van der Waals surface area contributed by atoms with E-state index in [0.29, 0.717) is 16.4 Å². The SMILES string of the molecule is O=C1C(Nc2ccc(F)cc2)=C(Sc2ccccc2)C(=O)N1c1ccc(Cl)cc1. The van der Waals surface area contributed by atoms with Crippen LogP contribution in [-0.2, 0) is 9.59 Å². The minimum absolute atomic E-state index is 0.144. The minimum Gasteiger partial charge on any atom is -0.350 e. The molecule has 0 saturated heterocycles. The van der Waals surface area contributed by atoms with Gasteiger partial charge < -0.3 is 5.32 Å². The monoisotopic (exact) mass is 424 g/mol. The van der Waals surface area contributed by atoms with Crippen LogP contribution >= 0.6 is 23.4 Å². The van der Waals surface area contributed by atoms with E-state index in [1.54, 1.807) is 24.3 Å². The molecule has 3 aromatic rings. The molecule has 0 aliphatic carbocycles. The number of hydrogen-bond acceptors (Lipinski definition) is 4.